The summed E-state index contributed by atoms with van der Waals surface area (Å²) in [4.78, 5) is 0.108. The molecule has 2 nitrogen and oxygen atoms in total. The van der Waals surface area contributed by atoms with Crippen LogP contribution in [0.15, 0.2) is 40.9 Å². The predicted octanol–water partition coefficient (Wildman–Crippen LogP) is 3.97. The van der Waals surface area contributed by atoms with Gasteiger partial charge in [0.15, 0.2) is 5.82 Å². The van der Waals surface area contributed by atoms with E-state index < -0.39 is 5.82 Å². The lowest BCUT2D eigenvalue weighted by Crippen LogP contribution is -2.12. The van der Waals surface area contributed by atoms with Crippen molar-refractivity contribution in [1.29, 1.82) is 0 Å². The molecular formula is C14H11BrF2N2S. The molecular weight excluding hydrogens is 346 g/mol. The van der Waals surface area contributed by atoms with Gasteiger partial charge in [-0.2, -0.15) is 0 Å². The Morgan fingerprint density at radius 3 is 2.55 bits per heavy atom. The van der Waals surface area contributed by atoms with Crippen LogP contribution in [0.4, 0.5) is 14.5 Å². The Kier molecular flexibility index (Phi) is 4.67. The number of benzene rings is 2. The zero-order valence-electron chi connectivity index (χ0n) is 10.3. The lowest BCUT2D eigenvalue weighted by Gasteiger charge is -2.11. The van der Waals surface area contributed by atoms with E-state index >= 15 is 0 Å². The van der Waals surface area contributed by atoms with E-state index in [9.17, 15) is 8.78 Å². The molecule has 0 atom stereocenters. The highest BCUT2D eigenvalue weighted by molar-refractivity contribution is 9.10. The van der Waals surface area contributed by atoms with Crippen molar-refractivity contribution < 1.29 is 8.78 Å². The Morgan fingerprint density at radius 2 is 1.90 bits per heavy atom. The van der Waals surface area contributed by atoms with E-state index in [0.717, 1.165) is 0 Å². The zero-order valence-corrected chi connectivity index (χ0v) is 12.7. The van der Waals surface area contributed by atoms with Crippen LogP contribution in [0.25, 0.3) is 0 Å². The highest BCUT2D eigenvalue weighted by Gasteiger charge is 2.13. The van der Waals surface area contributed by atoms with E-state index in [4.69, 9.17) is 18.0 Å². The van der Waals surface area contributed by atoms with Crippen LogP contribution in [0, 0.1) is 11.6 Å². The van der Waals surface area contributed by atoms with Gasteiger partial charge in [-0.25, -0.2) is 8.78 Å². The molecule has 20 heavy (non-hydrogen) atoms. The maximum atomic E-state index is 14.1. The van der Waals surface area contributed by atoms with Gasteiger partial charge in [-0.15, -0.1) is 0 Å². The fraction of sp³-hybridized carbons (Fsp3) is 0.0714. The number of hydrogen-bond acceptors (Lipinski definition) is 2. The second kappa shape index (κ2) is 6.28. The molecule has 6 heteroatoms. The van der Waals surface area contributed by atoms with Crippen molar-refractivity contribution in [2.75, 3.05) is 5.32 Å². The summed E-state index contributed by atoms with van der Waals surface area (Å²) in [6.45, 7) is 0.183. The molecule has 0 radical (unpaired) electrons. The number of nitrogens with two attached hydrogens (primary N) is 1. The van der Waals surface area contributed by atoms with Gasteiger partial charge in [0, 0.05) is 17.7 Å². The maximum Gasteiger partial charge on any atom is 0.161 e. The van der Waals surface area contributed by atoms with E-state index in [1.165, 1.54) is 12.1 Å². The van der Waals surface area contributed by atoms with Crippen molar-refractivity contribution in [3.8, 4) is 0 Å². The Balaban J connectivity index is 2.21. The van der Waals surface area contributed by atoms with Crippen LogP contribution in [-0.2, 0) is 6.54 Å². The van der Waals surface area contributed by atoms with E-state index in [2.05, 4.69) is 21.2 Å². The molecule has 0 unspecified atom stereocenters. The Labute approximate surface area is 129 Å². The van der Waals surface area contributed by atoms with Gasteiger partial charge in [-0.1, -0.05) is 30.4 Å². The van der Waals surface area contributed by atoms with E-state index in [-0.39, 0.29) is 27.5 Å². The zero-order chi connectivity index (χ0) is 14.7. The molecule has 2 rings (SSSR count). The van der Waals surface area contributed by atoms with Gasteiger partial charge in [0.1, 0.15) is 10.8 Å². The first-order valence-electron chi connectivity index (χ1n) is 5.75. The second-order valence-corrected chi connectivity index (χ2v) is 5.33. The van der Waals surface area contributed by atoms with Gasteiger partial charge >= 0.3 is 0 Å². The van der Waals surface area contributed by atoms with Gasteiger partial charge in [0.25, 0.3) is 0 Å². The third-order valence-corrected chi connectivity index (χ3v) is 3.77. The fourth-order valence-electron chi connectivity index (χ4n) is 1.71. The number of anilines is 1. The van der Waals surface area contributed by atoms with Gasteiger partial charge in [0.2, 0.25) is 0 Å². The van der Waals surface area contributed by atoms with Crippen molar-refractivity contribution >= 4 is 38.8 Å². The minimum Gasteiger partial charge on any atom is -0.389 e. The normalized spacial score (nSPS) is 10.3. The van der Waals surface area contributed by atoms with Crippen molar-refractivity contribution in [3.05, 3.63) is 63.6 Å². The predicted molar refractivity (Wildman–Crippen MR) is 83.7 cm³/mol. The Bertz CT molecular complexity index is 662. The average Bonchev–Trinajstić information content (AvgIpc) is 2.41. The molecule has 0 amide bonds. The van der Waals surface area contributed by atoms with Crippen LogP contribution in [0.1, 0.15) is 11.1 Å². The summed E-state index contributed by atoms with van der Waals surface area (Å²) in [7, 11) is 0. The fourth-order valence-corrected chi connectivity index (χ4v) is 2.57. The average molecular weight is 357 g/mol. The molecule has 0 aliphatic carbocycles. The summed E-state index contributed by atoms with van der Waals surface area (Å²) in [6, 6.07) is 9.46. The first-order valence-corrected chi connectivity index (χ1v) is 6.96. The molecule has 0 aromatic heterocycles. The number of hydrogen-bond donors (Lipinski definition) is 2. The molecule has 0 spiro atoms. The smallest absolute Gasteiger partial charge is 0.161 e. The van der Waals surface area contributed by atoms with Crippen LogP contribution in [0.3, 0.4) is 0 Å². The van der Waals surface area contributed by atoms with Gasteiger partial charge in [0.05, 0.1) is 10.2 Å². The Morgan fingerprint density at radius 1 is 1.20 bits per heavy atom. The standard InChI is InChI=1S/C14H11BrF2N2S/c15-12-9(14(18)20)5-6-11(13(12)17)19-7-8-3-1-2-4-10(8)16/h1-6,19H,7H2,(H2,18,20). The van der Waals surface area contributed by atoms with Gasteiger partial charge in [-0.05, 0) is 34.1 Å². The van der Waals surface area contributed by atoms with Gasteiger partial charge < -0.3 is 11.1 Å². The number of thiocarbonyl (C=S) groups is 1. The van der Waals surface area contributed by atoms with Crippen LogP contribution < -0.4 is 11.1 Å². The molecule has 0 bridgehead atoms. The molecule has 0 saturated heterocycles. The molecule has 104 valence electrons. The summed E-state index contributed by atoms with van der Waals surface area (Å²) < 4.78 is 27.8. The first kappa shape index (κ1) is 14.9. The topological polar surface area (TPSA) is 38.0 Å². The third-order valence-electron chi connectivity index (χ3n) is 2.77. The van der Waals surface area contributed by atoms with Crippen molar-refractivity contribution in [1.82, 2.24) is 0 Å². The van der Waals surface area contributed by atoms with Crippen LogP contribution in [0.2, 0.25) is 0 Å². The molecule has 0 heterocycles. The Hall–Kier alpha value is -1.53. The second-order valence-electron chi connectivity index (χ2n) is 4.10. The van der Waals surface area contributed by atoms with Crippen molar-refractivity contribution in [3.63, 3.8) is 0 Å². The molecule has 2 aromatic rings. The minimum absolute atomic E-state index is 0.108. The molecule has 0 aliphatic heterocycles. The quantitative estimate of drug-likeness (QED) is 0.814. The lowest BCUT2D eigenvalue weighted by atomic mass is 10.1. The summed E-state index contributed by atoms with van der Waals surface area (Å²) >= 11 is 7.94. The summed E-state index contributed by atoms with van der Waals surface area (Å²) in [5, 5.41) is 2.85. The van der Waals surface area contributed by atoms with Crippen LogP contribution in [0.5, 0.6) is 0 Å². The van der Waals surface area contributed by atoms with Crippen LogP contribution in [-0.4, -0.2) is 4.99 Å². The van der Waals surface area contributed by atoms with Crippen molar-refractivity contribution in [2.45, 2.75) is 6.54 Å². The number of halogens is 3. The number of nitrogens with one attached hydrogen (secondary N) is 1. The monoisotopic (exact) mass is 356 g/mol. The molecule has 3 N–H and O–H groups in total. The van der Waals surface area contributed by atoms with Crippen molar-refractivity contribution in [2.24, 2.45) is 5.73 Å². The maximum absolute atomic E-state index is 14.1. The molecule has 2 aromatic carbocycles. The minimum atomic E-state index is -0.508. The number of rotatable bonds is 4. The molecule has 0 aliphatic rings. The highest BCUT2D eigenvalue weighted by atomic mass is 79.9. The largest absolute Gasteiger partial charge is 0.389 e. The molecule has 0 saturated carbocycles. The molecule has 0 fully saturated rings. The summed E-state index contributed by atoms with van der Waals surface area (Å²) in [6.07, 6.45) is 0. The summed E-state index contributed by atoms with van der Waals surface area (Å²) in [5.74, 6) is -0.842. The SMILES string of the molecule is NC(=S)c1ccc(NCc2ccccc2F)c(F)c1Br. The van der Waals surface area contributed by atoms with Gasteiger partial charge in [-0.3, -0.25) is 0 Å². The van der Waals surface area contributed by atoms with E-state index in [0.29, 0.717) is 11.1 Å². The highest BCUT2D eigenvalue weighted by Crippen LogP contribution is 2.27. The van der Waals surface area contributed by atoms with E-state index in [1.54, 1.807) is 24.3 Å². The first-order chi connectivity index (χ1) is 9.50. The third kappa shape index (κ3) is 3.13. The van der Waals surface area contributed by atoms with E-state index in [1.807, 2.05) is 0 Å². The van der Waals surface area contributed by atoms with Crippen LogP contribution >= 0.6 is 28.1 Å². The lowest BCUT2D eigenvalue weighted by molar-refractivity contribution is 0.609. The summed E-state index contributed by atoms with van der Waals surface area (Å²) in [5.41, 5.74) is 6.62.